The van der Waals surface area contributed by atoms with Crippen molar-refractivity contribution in [3.8, 4) is 0 Å². The Balaban J connectivity index is 1.95. The monoisotopic (exact) mass is 383 g/mol. The molecule has 136 valence electrons. The first-order valence-corrected chi connectivity index (χ1v) is 8.31. The molecule has 0 unspecified atom stereocenters. The van der Waals surface area contributed by atoms with Gasteiger partial charge in [-0.2, -0.15) is 0 Å². The molecule has 0 saturated carbocycles. The second kappa shape index (κ2) is 6.91. The average molecular weight is 383 g/mol. The lowest BCUT2D eigenvalue weighted by Gasteiger charge is -2.09. The molecule has 4 nitrogen and oxygen atoms in total. The Hall–Kier alpha value is -2.68. The van der Waals surface area contributed by atoms with E-state index < -0.39 is 23.2 Å². The maximum atomic E-state index is 13.3. The molecular weight excluding hydrogens is 370 g/mol. The summed E-state index contributed by atoms with van der Waals surface area (Å²) in [6.07, 6.45) is 0. The molecule has 3 aromatic rings. The van der Waals surface area contributed by atoms with Crippen molar-refractivity contribution in [3.05, 3.63) is 80.5 Å². The van der Waals surface area contributed by atoms with Crippen LogP contribution in [0.15, 0.2) is 52.3 Å². The number of aromatic amines is 1. The van der Waals surface area contributed by atoms with Crippen LogP contribution in [0.4, 0.5) is 23.2 Å². The standard InChI is InChI=1S/C17H13F4N3OS/c1-17(20,21)11-3-5-12(6-4-11)22-16-24(15(25)23-26-16)9-10-2-7-13(18)14(19)8-10/h2-8H,9H2,1H3,(H,23,25). The lowest BCUT2D eigenvalue weighted by atomic mass is 10.1. The zero-order chi connectivity index (χ0) is 18.9. The van der Waals surface area contributed by atoms with Gasteiger partial charge in [0.05, 0.1) is 12.2 Å². The molecule has 2 aromatic carbocycles. The fourth-order valence-corrected chi connectivity index (χ4v) is 2.97. The molecule has 0 atom stereocenters. The summed E-state index contributed by atoms with van der Waals surface area (Å²) in [6.45, 7) is 0.785. The van der Waals surface area contributed by atoms with Gasteiger partial charge in [-0.25, -0.2) is 27.3 Å². The number of rotatable bonds is 4. The largest absolute Gasteiger partial charge is 0.337 e. The third-order valence-corrected chi connectivity index (χ3v) is 4.40. The van der Waals surface area contributed by atoms with Crippen LogP contribution in [-0.2, 0) is 12.5 Å². The average Bonchev–Trinajstić information content (AvgIpc) is 2.91. The fraction of sp³-hybridized carbons (Fsp3) is 0.176. The lowest BCUT2D eigenvalue weighted by Crippen LogP contribution is -2.27. The highest BCUT2D eigenvalue weighted by atomic mass is 32.1. The Bertz CT molecular complexity index is 1050. The summed E-state index contributed by atoms with van der Waals surface area (Å²) < 4.78 is 56.6. The number of nitrogens with zero attached hydrogens (tertiary/aromatic N) is 2. The van der Waals surface area contributed by atoms with Crippen molar-refractivity contribution in [1.82, 2.24) is 8.94 Å². The predicted octanol–water partition coefficient (Wildman–Crippen LogP) is 3.91. The van der Waals surface area contributed by atoms with Gasteiger partial charge < -0.3 is 0 Å². The minimum absolute atomic E-state index is 0.0139. The number of aromatic nitrogens is 2. The van der Waals surface area contributed by atoms with Crippen molar-refractivity contribution in [2.75, 3.05) is 0 Å². The summed E-state index contributed by atoms with van der Waals surface area (Å²) in [7, 11) is 0. The van der Waals surface area contributed by atoms with Gasteiger partial charge in [-0.05, 0) is 41.4 Å². The second-order valence-corrected chi connectivity index (χ2v) is 6.45. The number of hydrogen-bond donors (Lipinski definition) is 1. The molecule has 0 bridgehead atoms. The normalized spacial score (nSPS) is 12.6. The first kappa shape index (κ1) is 18.1. The Morgan fingerprint density at radius 1 is 1.12 bits per heavy atom. The number of benzene rings is 2. The van der Waals surface area contributed by atoms with Crippen LogP contribution >= 0.6 is 11.5 Å². The van der Waals surface area contributed by atoms with E-state index in [1.807, 2.05) is 0 Å². The van der Waals surface area contributed by atoms with E-state index in [2.05, 4.69) is 9.37 Å². The third-order valence-electron chi connectivity index (χ3n) is 3.63. The number of H-pyrrole nitrogens is 1. The molecule has 0 aliphatic heterocycles. The summed E-state index contributed by atoms with van der Waals surface area (Å²) in [6, 6.07) is 8.69. The Morgan fingerprint density at radius 3 is 2.42 bits per heavy atom. The van der Waals surface area contributed by atoms with Crippen molar-refractivity contribution < 1.29 is 17.6 Å². The van der Waals surface area contributed by atoms with Gasteiger partial charge in [0.2, 0.25) is 4.80 Å². The van der Waals surface area contributed by atoms with Crippen LogP contribution in [0.2, 0.25) is 0 Å². The van der Waals surface area contributed by atoms with E-state index in [9.17, 15) is 22.4 Å². The Kier molecular flexibility index (Phi) is 4.82. The van der Waals surface area contributed by atoms with Gasteiger partial charge in [-0.1, -0.05) is 18.2 Å². The van der Waals surface area contributed by atoms with E-state index >= 15 is 0 Å². The highest BCUT2D eigenvalue weighted by molar-refractivity contribution is 7.02. The van der Waals surface area contributed by atoms with Crippen LogP contribution in [0, 0.1) is 11.6 Å². The molecular formula is C17H13F4N3OS. The molecule has 0 aliphatic carbocycles. The van der Waals surface area contributed by atoms with Crippen LogP contribution in [0.5, 0.6) is 0 Å². The zero-order valence-electron chi connectivity index (χ0n) is 13.5. The minimum Gasteiger partial charge on any atom is -0.263 e. The van der Waals surface area contributed by atoms with E-state index in [0.717, 1.165) is 30.6 Å². The maximum absolute atomic E-state index is 13.3. The van der Waals surface area contributed by atoms with E-state index in [-0.39, 0.29) is 16.9 Å². The van der Waals surface area contributed by atoms with Crippen molar-refractivity contribution in [2.24, 2.45) is 4.99 Å². The lowest BCUT2D eigenvalue weighted by molar-refractivity contribution is 0.0175. The number of alkyl halides is 2. The van der Waals surface area contributed by atoms with Crippen LogP contribution in [0.25, 0.3) is 0 Å². The number of halogens is 4. The molecule has 0 radical (unpaired) electrons. The summed E-state index contributed by atoms with van der Waals surface area (Å²) in [5.74, 6) is -4.94. The predicted molar refractivity (Wildman–Crippen MR) is 89.6 cm³/mol. The molecule has 26 heavy (non-hydrogen) atoms. The van der Waals surface area contributed by atoms with Crippen LogP contribution < -0.4 is 10.5 Å². The number of nitrogens with one attached hydrogen (secondary N) is 1. The summed E-state index contributed by atoms with van der Waals surface area (Å²) in [5.41, 5.74) is 0.158. The van der Waals surface area contributed by atoms with Gasteiger partial charge in [-0.15, -0.1) is 0 Å². The molecule has 0 spiro atoms. The van der Waals surface area contributed by atoms with Crippen molar-refractivity contribution in [3.63, 3.8) is 0 Å². The van der Waals surface area contributed by atoms with E-state index in [4.69, 9.17) is 0 Å². The third kappa shape index (κ3) is 3.93. The summed E-state index contributed by atoms with van der Waals surface area (Å²) in [4.78, 5) is 16.5. The molecule has 1 N–H and O–H groups in total. The SMILES string of the molecule is CC(F)(F)c1ccc(N=c2s[nH]c(=O)n2Cc2ccc(F)c(F)c2)cc1. The highest BCUT2D eigenvalue weighted by Crippen LogP contribution is 2.28. The van der Waals surface area contributed by atoms with Crippen molar-refractivity contribution >= 4 is 17.2 Å². The molecule has 1 heterocycles. The molecule has 0 fully saturated rings. The van der Waals surface area contributed by atoms with E-state index in [0.29, 0.717) is 11.3 Å². The van der Waals surface area contributed by atoms with Gasteiger partial charge in [0, 0.05) is 12.5 Å². The van der Waals surface area contributed by atoms with Gasteiger partial charge >= 0.3 is 5.69 Å². The highest BCUT2D eigenvalue weighted by Gasteiger charge is 2.23. The van der Waals surface area contributed by atoms with Gasteiger partial charge in [0.1, 0.15) is 0 Å². The van der Waals surface area contributed by atoms with Crippen molar-refractivity contribution in [1.29, 1.82) is 0 Å². The minimum atomic E-state index is -2.95. The number of hydrogen-bond acceptors (Lipinski definition) is 3. The maximum Gasteiger partial charge on any atom is 0.337 e. The smallest absolute Gasteiger partial charge is 0.263 e. The van der Waals surface area contributed by atoms with Crippen LogP contribution in [0.3, 0.4) is 0 Å². The molecule has 1 aromatic heterocycles. The molecule has 9 heteroatoms. The van der Waals surface area contributed by atoms with Crippen molar-refractivity contribution in [2.45, 2.75) is 19.4 Å². The molecule has 3 rings (SSSR count). The first-order chi connectivity index (χ1) is 12.2. The molecule has 0 aliphatic rings. The summed E-state index contributed by atoms with van der Waals surface area (Å²) >= 11 is 0.950. The van der Waals surface area contributed by atoms with E-state index in [1.165, 1.54) is 34.9 Å². The van der Waals surface area contributed by atoms with Crippen LogP contribution in [-0.4, -0.2) is 8.94 Å². The van der Waals surface area contributed by atoms with Crippen LogP contribution in [0.1, 0.15) is 18.1 Å². The fourth-order valence-electron chi connectivity index (χ4n) is 2.27. The summed E-state index contributed by atoms with van der Waals surface area (Å²) in [5, 5.41) is 0. The quantitative estimate of drug-likeness (QED) is 0.683. The molecule has 0 saturated heterocycles. The molecule has 0 amide bonds. The van der Waals surface area contributed by atoms with Gasteiger partial charge in [0.15, 0.2) is 11.6 Å². The first-order valence-electron chi connectivity index (χ1n) is 7.49. The Morgan fingerprint density at radius 2 is 1.81 bits per heavy atom. The Labute approximate surface area is 149 Å². The topological polar surface area (TPSA) is 50.1 Å². The zero-order valence-corrected chi connectivity index (χ0v) is 14.3. The van der Waals surface area contributed by atoms with E-state index in [1.54, 1.807) is 0 Å². The van der Waals surface area contributed by atoms with Gasteiger partial charge in [-0.3, -0.25) is 8.94 Å². The van der Waals surface area contributed by atoms with Gasteiger partial charge in [0.25, 0.3) is 5.92 Å². The second-order valence-electron chi connectivity index (χ2n) is 5.67.